The Morgan fingerprint density at radius 3 is 2.52 bits per heavy atom. The number of hydrogen-bond donors (Lipinski definition) is 0. The van der Waals surface area contributed by atoms with E-state index in [-0.39, 0.29) is 29.4 Å². The average Bonchev–Trinajstić information content (AvgIpc) is 3.48. The van der Waals surface area contributed by atoms with Crippen LogP contribution in [0.2, 0.25) is 0 Å². The Labute approximate surface area is 245 Å². The van der Waals surface area contributed by atoms with Crippen LogP contribution in [0.25, 0.3) is 17.2 Å². The van der Waals surface area contributed by atoms with Crippen LogP contribution in [0, 0.1) is 11.0 Å². The van der Waals surface area contributed by atoms with E-state index in [1.807, 2.05) is 43.5 Å². The van der Waals surface area contributed by atoms with Crippen molar-refractivity contribution in [3.8, 4) is 5.88 Å². The second-order valence-electron chi connectivity index (χ2n) is 9.23. The first-order valence-corrected chi connectivity index (χ1v) is 15.4. The van der Waals surface area contributed by atoms with E-state index in [4.69, 9.17) is 9.47 Å². The van der Waals surface area contributed by atoms with Crippen LogP contribution in [0.5, 0.6) is 5.88 Å². The minimum atomic E-state index is -4.28. The van der Waals surface area contributed by atoms with Crippen molar-refractivity contribution in [2.24, 2.45) is 0 Å². The van der Waals surface area contributed by atoms with Gasteiger partial charge in [0.25, 0.3) is 9.84 Å². The highest BCUT2D eigenvalue weighted by Crippen LogP contribution is 2.44. The number of carbonyl (C=O) groups excluding carboxylic acids is 1. The summed E-state index contributed by atoms with van der Waals surface area (Å²) in [5.74, 6) is -1.57. The maximum absolute atomic E-state index is 14.2. The van der Waals surface area contributed by atoms with Crippen LogP contribution in [-0.2, 0) is 19.4 Å². The summed E-state index contributed by atoms with van der Waals surface area (Å²) >= 11 is 1.64. The topological polar surface area (TPSA) is 123 Å². The Hall–Kier alpha value is -4.42. The number of fused-ring (bicyclic) bond motifs is 1. The third-order valence-corrected chi connectivity index (χ3v) is 9.11. The summed E-state index contributed by atoms with van der Waals surface area (Å²) in [5, 5.41) is 14.6. The van der Waals surface area contributed by atoms with E-state index in [1.54, 1.807) is 23.9 Å². The van der Waals surface area contributed by atoms with Crippen molar-refractivity contribution in [2.75, 3.05) is 19.5 Å². The van der Waals surface area contributed by atoms with Crippen LogP contribution < -0.4 is 9.64 Å². The summed E-state index contributed by atoms with van der Waals surface area (Å²) in [6.07, 6.45) is 3.88. The molecule has 1 aliphatic carbocycles. The standard InChI is InChI=1S/C30H25FN2O7S2/c1-19-25(16-20-8-11-22(41-2)12-9-20)24-13-10-21(31)17-27(24)26(19)18-28(34)38-14-15-39-29-30(33(35)40-32-29)42(36,37)23-6-4-3-5-7-23/h3-13,16-17H,14-15,18H2,1-2H3/b25-16-. The second kappa shape index (κ2) is 12.2. The molecule has 1 aliphatic rings. The Morgan fingerprint density at radius 1 is 1.07 bits per heavy atom. The minimum Gasteiger partial charge on any atom is -0.462 e. The second-order valence-corrected chi connectivity index (χ2v) is 12.0. The van der Waals surface area contributed by atoms with Crippen LogP contribution in [0.4, 0.5) is 4.39 Å². The number of sulfone groups is 1. The van der Waals surface area contributed by atoms with Gasteiger partial charge < -0.3 is 14.7 Å². The Bertz CT molecular complexity index is 1800. The number of ether oxygens (including phenoxy) is 2. The van der Waals surface area contributed by atoms with Gasteiger partial charge in [-0.2, -0.15) is 0 Å². The molecule has 0 spiro atoms. The molecule has 42 heavy (non-hydrogen) atoms. The lowest BCUT2D eigenvalue weighted by Crippen LogP contribution is -2.31. The first-order valence-electron chi connectivity index (χ1n) is 12.7. The minimum absolute atomic E-state index is 0.122. The molecule has 0 fully saturated rings. The maximum atomic E-state index is 14.2. The van der Waals surface area contributed by atoms with Crippen molar-refractivity contribution < 1.29 is 36.6 Å². The molecule has 0 saturated carbocycles. The van der Waals surface area contributed by atoms with Gasteiger partial charge in [-0.15, -0.1) is 11.8 Å². The van der Waals surface area contributed by atoms with Gasteiger partial charge in [0.1, 0.15) is 19.0 Å². The fraction of sp³-hybridized carbons (Fsp3) is 0.167. The van der Waals surface area contributed by atoms with Crippen molar-refractivity contribution in [1.29, 1.82) is 0 Å². The third kappa shape index (κ3) is 5.95. The Kier molecular flexibility index (Phi) is 8.46. The van der Waals surface area contributed by atoms with Crippen molar-refractivity contribution in [3.05, 3.63) is 106 Å². The highest BCUT2D eigenvalue weighted by molar-refractivity contribution is 7.98. The van der Waals surface area contributed by atoms with Gasteiger partial charge in [0.15, 0.2) is 0 Å². The monoisotopic (exact) mass is 608 g/mol. The molecule has 9 nitrogen and oxygen atoms in total. The van der Waals surface area contributed by atoms with E-state index in [2.05, 4.69) is 9.79 Å². The summed E-state index contributed by atoms with van der Waals surface area (Å²) < 4.78 is 55.0. The molecule has 1 heterocycles. The molecule has 0 radical (unpaired) electrons. The fourth-order valence-electron chi connectivity index (χ4n) is 4.58. The normalized spacial score (nSPS) is 13.8. The van der Waals surface area contributed by atoms with Gasteiger partial charge in [-0.05, 0) is 94.0 Å². The van der Waals surface area contributed by atoms with Crippen molar-refractivity contribution >= 4 is 44.8 Å². The Balaban J connectivity index is 1.27. The molecule has 0 N–H and O–H groups in total. The molecular weight excluding hydrogens is 583 g/mol. The first-order chi connectivity index (χ1) is 20.2. The van der Waals surface area contributed by atoms with Gasteiger partial charge in [-0.25, -0.2) is 12.8 Å². The summed E-state index contributed by atoms with van der Waals surface area (Å²) in [4.78, 5) is 13.5. The number of thioether (sulfide) groups is 1. The van der Waals surface area contributed by atoms with Gasteiger partial charge in [0, 0.05) is 4.90 Å². The molecule has 0 aliphatic heterocycles. The highest BCUT2D eigenvalue weighted by atomic mass is 32.2. The number of rotatable bonds is 10. The molecule has 0 unspecified atom stereocenters. The predicted octanol–water partition coefficient (Wildman–Crippen LogP) is 5.34. The molecule has 0 atom stereocenters. The smallest absolute Gasteiger partial charge is 0.415 e. The van der Waals surface area contributed by atoms with E-state index >= 15 is 0 Å². The van der Waals surface area contributed by atoms with Gasteiger partial charge >= 0.3 is 16.9 Å². The fourth-order valence-corrected chi connectivity index (χ4v) is 6.28. The molecule has 3 aromatic carbocycles. The summed E-state index contributed by atoms with van der Waals surface area (Å²) in [7, 11) is -4.28. The predicted molar refractivity (Wildman–Crippen MR) is 154 cm³/mol. The van der Waals surface area contributed by atoms with E-state index in [0.29, 0.717) is 11.1 Å². The van der Waals surface area contributed by atoms with Gasteiger partial charge in [-0.3, -0.25) is 9.42 Å². The highest BCUT2D eigenvalue weighted by Gasteiger charge is 2.35. The first kappa shape index (κ1) is 29.1. The average molecular weight is 609 g/mol. The zero-order valence-corrected chi connectivity index (χ0v) is 24.2. The quantitative estimate of drug-likeness (QED) is 0.102. The molecule has 4 aromatic rings. The maximum Gasteiger partial charge on any atom is 0.415 e. The summed E-state index contributed by atoms with van der Waals surface area (Å²) in [6.45, 7) is 1.32. The number of aromatic nitrogens is 2. The van der Waals surface area contributed by atoms with E-state index in [9.17, 15) is 22.8 Å². The largest absolute Gasteiger partial charge is 0.462 e. The zero-order chi connectivity index (χ0) is 29.9. The lowest BCUT2D eigenvalue weighted by molar-refractivity contribution is -0.832. The number of allylic oxidation sites excluding steroid dienone is 2. The van der Waals surface area contributed by atoms with Crippen LogP contribution in [0.15, 0.2) is 97.8 Å². The van der Waals surface area contributed by atoms with Crippen LogP contribution in [-0.4, -0.2) is 39.0 Å². The van der Waals surface area contributed by atoms with Crippen molar-refractivity contribution in [2.45, 2.75) is 28.2 Å². The van der Waals surface area contributed by atoms with E-state index < -0.39 is 32.5 Å². The third-order valence-electron chi connectivity index (χ3n) is 6.64. The number of nitrogens with zero attached hydrogens (tertiary/aromatic N) is 2. The molecule has 12 heteroatoms. The molecule has 1 aromatic heterocycles. The van der Waals surface area contributed by atoms with E-state index in [0.717, 1.165) is 27.2 Å². The number of benzene rings is 3. The number of carbonyl (C=O) groups is 1. The van der Waals surface area contributed by atoms with Crippen molar-refractivity contribution in [1.82, 2.24) is 5.16 Å². The SMILES string of the molecule is CSc1ccc(/C=C2/C(C)=C(CC(=O)OCCOc3no[n+]([O-])c3S(=O)(=O)c3ccccc3)c3cc(F)ccc32)cc1. The van der Waals surface area contributed by atoms with Gasteiger partial charge in [0.2, 0.25) is 0 Å². The van der Waals surface area contributed by atoms with Crippen LogP contribution >= 0.6 is 11.8 Å². The van der Waals surface area contributed by atoms with Crippen molar-refractivity contribution in [3.63, 3.8) is 0 Å². The number of halogens is 1. The van der Waals surface area contributed by atoms with E-state index in [1.165, 1.54) is 36.4 Å². The molecule has 0 saturated heterocycles. The lowest BCUT2D eigenvalue weighted by atomic mass is 10.0. The number of hydrogen-bond acceptors (Lipinski definition) is 9. The summed E-state index contributed by atoms with van der Waals surface area (Å²) in [5.41, 5.74) is 4.76. The lowest BCUT2D eigenvalue weighted by Gasteiger charge is -2.08. The van der Waals surface area contributed by atoms with Crippen LogP contribution in [0.3, 0.4) is 0 Å². The molecule has 0 amide bonds. The van der Waals surface area contributed by atoms with Gasteiger partial charge in [-0.1, -0.05) is 36.4 Å². The Morgan fingerprint density at radius 2 is 1.81 bits per heavy atom. The van der Waals surface area contributed by atoms with Crippen LogP contribution in [0.1, 0.15) is 30.0 Å². The molecule has 0 bridgehead atoms. The molecule has 216 valence electrons. The molecular formula is C30H25FN2O7S2. The summed E-state index contributed by atoms with van der Waals surface area (Å²) in [6, 6.07) is 19.8. The zero-order valence-electron chi connectivity index (χ0n) is 22.6. The van der Waals surface area contributed by atoms with Gasteiger partial charge in [0.05, 0.1) is 16.5 Å². The molecule has 5 rings (SSSR count). The number of esters is 1.